The van der Waals surface area contributed by atoms with Gasteiger partial charge in [-0.05, 0) is 30.3 Å². The van der Waals surface area contributed by atoms with Crippen molar-refractivity contribution in [3.8, 4) is 0 Å². The minimum atomic E-state index is -0.164. The summed E-state index contributed by atoms with van der Waals surface area (Å²) in [6.45, 7) is 0.731. The SMILES string of the molecule is C[N+](C)(C)CCC(=O)Nc1ccc2nc3c4[nH]c5ccccc5c4ccn3c(=O)c2c1. The summed E-state index contributed by atoms with van der Waals surface area (Å²) in [7, 11) is 6.14. The molecule has 0 saturated carbocycles. The molecule has 3 aromatic heterocycles. The standard InChI is InChI=1S/C24H23N5O2/c1-29(2,3)13-11-21(30)25-15-8-9-20-18(14-15)24(31)28-12-10-17-16-6-4-5-7-19(16)26-22(17)23(28)27-20/h4-10,12,14H,11,13H2,1-3H3,(H-,25,26,27,30,31)/p+1. The summed E-state index contributed by atoms with van der Waals surface area (Å²) in [5.41, 5.74) is 3.46. The highest BCUT2D eigenvalue weighted by Crippen LogP contribution is 2.27. The molecule has 5 aromatic rings. The molecule has 0 saturated heterocycles. The van der Waals surface area contributed by atoms with Crippen LogP contribution in [0.5, 0.6) is 0 Å². The molecule has 0 aliphatic heterocycles. The van der Waals surface area contributed by atoms with Crippen LogP contribution in [0.3, 0.4) is 0 Å². The predicted molar refractivity (Wildman–Crippen MR) is 124 cm³/mol. The van der Waals surface area contributed by atoms with E-state index in [4.69, 9.17) is 4.98 Å². The Balaban J connectivity index is 1.59. The fraction of sp³-hybridized carbons (Fsp3) is 0.208. The lowest BCUT2D eigenvalue weighted by atomic mass is 10.1. The first-order valence-corrected chi connectivity index (χ1v) is 10.3. The van der Waals surface area contributed by atoms with Crippen LogP contribution in [-0.4, -0.2) is 52.4 Å². The number of aromatic amines is 1. The van der Waals surface area contributed by atoms with Gasteiger partial charge in [0.1, 0.15) is 0 Å². The molecule has 0 fully saturated rings. The third kappa shape index (κ3) is 3.43. The maximum atomic E-state index is 13.2. The third-order valence-electron chi connectivity index (χ3n) is 5.55. The van der Waals surface area contributed by atoms with Crippen molar-refractivity contribution in [3.05, 3.63) is 65.1 Å². The number of nitrogens with zero attached hydrogens (tertiary/aromatic N) is 3. The zero-order chi connectivity index (χ0) is 21.8. The maximum absolute atomic E-state index is 13.2. The number of fused-ring (bicyclic) bond motifs is 6. The number of quaternary nitrogens is 1. The van der Waals surface area contributed by atoms with Gasteiger partial charge in [0.2, 0.25) is 5.91 Å². The number of hydrogen-bond acceptors (Lipinski definition) is 3. The zero-order valence-corrected chi connectivity index (χ0v) is 17.8. The number of aromatic nitrogens is 3. The van der Waals surface area contributed by atoms with E-state index in [0.29, 0.717) is 33.1 Å². The van der Waals surface area contributed by atoms with Gasteiger partial charge in [0, 0.05) is 28.2 Å². The molecule has 31 heavy (non-hydrogen) atoms. The highest BCUT2D eigenvalue weighted by molar-refractivity contribution is 6.11. The van der Waals surface area contributed by atoms with Gasteiger partial charge >= 0.3 is 0 Å². The van der Waals surface area contributed by atoms with Crippen molar-refractivity contribution in [1.29, 1.82) is 0 Å². The van der Waals surface area contributed by atoms with Crippen LogP contribution in [0.15, 0.2) is 59.5 Å². The molecule has 3 heterocycles. The lowest BCUT2D eigenvalue weighted by Crippen LogP contribution is -2.37. The Morgan fingerprint density at radius 3 is 2.68 bits per heavy atom. The molecule has 5 rings (SSSR count). The van der Waals surface area contributed by atoms with E-state index in [1.807, 2.05) is 45.4 Å². The molecule has 7 heteroatoms. The van der Waals surface area contributed by atoms with Crippen molar-refractivity contribution < 1.29 is 9.28 Å². The van der Waals surface area contributed by atoms with Gasteiger partial charge in [-0.15, -0.1) is 0 Å². The normalized spacial score (nSPS) is 12.2. The van der Waals surface area contributed by atoms with Gasteiger partial charge in [0.15, 0.2) is 5.65 Å². The number of hydrogen-bond donors (Lipinski definition) is 2. The Hall–Kier alpha value is -3.71. The average Bonchev–Trinajstić information content (AvgIpc) is 3.12. The lowest BCUT2D eigenvalue weighted by Gasteiger charge is -2.23. The number of para-hydroxylation sites is 1. The number of pyridine rings is 1. The summed E-state index contributed by atoms with van der Waals surface area (Å²) < 4.78 is 2.27. The van der Waals surface area contributed by atoms with Gasteiger partial charge < -0.3 is 14.8 Å². The molecular formula is C24H24N5O2+. The second-order valence-electron chi connectivity index (χ2n) is 8.93. The Labute approximate surface area is 178 Å². The van der Waals surface area contributed by atoms with Gasteiger partial charge in [-0.3, -0.25) is 14.0 Å². The maximum Gasteiger partial charge on any atom is 0.265 e. The highest BCUT2D eigenvalue weighted by atomic mass is 16.1. The molecule has 0 aliphatic rings. The smallest absolute Gasteiger partial charge is 0.265 e. The van der Waals surface area contributed by atoms with E-state index in [-0.39, 0.29) is 11.5 Å². The molecule has 2 aromatic carbocycles. The Kier molecular flexibility index (Phi) is 4.30. The molecule has 0 spiro atoms. The largest absolute Gasteiger partial charge is 0.351 e. The van der Waals surface area contributed by atoms with E-state index >= 15 is 0 Å². The van der Waals surface area contributed by atoms with Crippen molar-refractivity contribution in [3.63, 3.8) is 0 Å². The zero-order valence-electron chi connectivity index (χ0n) is 17.8. The van der Waals surface area contributed by atoms with Crippen LogP contribution >= 0.6 is 0 Å². The summed E-state index contributed by atoms with van der Waals surface area (Å²) in [5.74, 6) is -0.0685. The number of carbonyl (C=O) groups excluding carboxylic acids is 1. The van der Waals surface area contributed by atoms with Crippen molar-refractivity contribution in [2.45, 2.75) is 6.42 Å². The third-order valence-corrected chi connectivity index (χ3v) is 5.55. The minimum Gasteiger partial charge on any atom is -0.351 e. The van der Waals surface area contributed by atoms with Crippen molar-refractivity contribution in [2.24, 2.45) is 0 Å². The molecule has 0 radical (unpaired) electrons. The second kappa shape index (κ2) is 6.92. The number of benzene rings is 2. The van der Waals surface area contributed by atoms with E-state index in [0.717, 1.165) is 28.4 Å². The molecule has 1 amide bonds. The van der Waals surface area contributed by atoms with Gasteiger partial charge in [-0.2, -0.15) is 0 Å². The fourth-order valence-corrected chi connectivity index (χ4v) is 3.91. The van der Waals surface area contributed by atoms with Crippen molar-refractivity contribution >= 4 is 50.0 Å². The van der Waals surface area contributed by atoms with Gasteiger partial charge in [0.05, 0.1) is 50.5 Å². The van der Waals surface area contributed by atoms with Crippen molar-refractivity contribution in [2.75, 3.05) is 33.0 Å². The van der Waals surface area contributed by atoms with E-state index < -0.39 is 0 Å². The number of rotatable bonds is 4. The monoisotopic (exact) mass is 414 g/mol. The number of nitrogens with one attached hydrogen (secondary N) is 2. The molecule has 0 bridgehead atoms. The van der Waals surface area contributed by atoms with E-state index in [1.165, 1.54) is 0 Å². The Morgan fingerprint density at radius 2 is 1.87 bits per heavy atom. The van der Waals surface area contributed by atoms with Gasteiger partial charge in [-0.25, -0.2) is 4.98 Å². The Morgan fingerprint density at radius 1 is 1.06 bits per heavy atom. The second-order valence-corrected chi connectivity index (χ2v) is 8.93. The molecule has 2 N–H and O–H groups in total. The van der Waals surface area contributed by atoms with Crippen LogP contribution in [0.2, 0.25) is 0 Å². The van der Waals surface area contributed by atoms with E-state index in [9.17, 15) is 9.59 Å². The van der Waals surface area contributed by atoms with Crippen LogP contribution < -0.4 is 10.9 Å². The average molecular weight is 414 g/mol. The summed E-state index contributed by atoms with van der Waals surface area (Å²) in [4.78, 5) is 33.7. The number of amides is 1. The number of H-pyrrole nitrogens is 1. The molecule has 156 valence electrons. The van der Waals surface area contributed by atoms with Crippen LogP contribution in [-0.2, 0) is 4.79 Å². The summed E-state index contributed by atoms with van der Waals surface area (Å²) in [6.07, 6.45) is 2.17. The molecule has 0 atom stereocenters. The molecule has 0 aliphatic carbocycles. The van der Waals surface area contributed by atoms with Crippen molar-refractivity contribution in [1.82, 2.24) is 14.4 Å². The summed E-state index contributed by atoms with van der Waals surface area (Å²) >= 11 is 0. The van der Waals surface area contributed by atoms with Crippen LogP contribution in [0.25, 0.3) is 38.4 Å². The molecular weight excluding hydrogens is 390 g/mol. The predicted octanol–water partition coefficient (Wildman–Crippen LogP) is 3.52. The summed E-state index contributed by atoms with van der Waals surface area (Å²) in [5, 5.41) is 5.50. The van der Waals surface area contributed by atoms with Crippen LogP contribution in [0, 0.1) is 0 Å². The first kappa shape index (κ1) is 19.3. The number of anilines is 1. The lowest BCUT2D eigenvalue weighted by molar-refractivity contribution is -0.869. The fourth-order valence-electron chi connectivity index (χ4n) is 3.91. The van der Waals surface area contributed by atoms with Crippen LogP contribution in [0.1, 0.15) is 6.42 Å². The van der Waals surface area contributed by atoms with E-state index in [2.05, 4.69) is 16.4 Å². The van der Waals surface area contributed by atoms with E-state index in [1.54, 1.807) is 28.8 Å². The topological polar surface area (TPSA) is 79.3 Å². The molecule has 0 unspecified atom stereocenters. The van der Waals surface area contributed by atoms with Gasteiger partial charge in [-0.1, -0.05) is 18.2 Å². The van der Waals surface area contributed by atoms with Gasteiger partial charge in [0.25, 0.3) is 5.56 Å². The first-order chi connectivity index (χ1) is 14.8. The number of carbonyl (C=O) groups is 1. The quantitative estimate of drug-likeness (QED) is 0.349. The first-order valence-electron chi connectivity index (χ1n) is 10.3. The van der Waals surface area contributed by atoms with Crippen LogP contribution in [0.4, 0.5) is 5.69 Å². The minimum absolute atomic E-state index is 0.0685. The highest BCUT2D eigenvalue weighted by Gasteiger charge is 2.14. The Bertz CT molecular complexity index is 1540. The summed E-state index contributed by atoms with van der Waals surface area (Å²) in [6, 6.07) is 15.3. The molecule has 7 nitrogen and oxygen atoms in total.